The minimum atomic E-state index is 0.333. The molecule has 0 radical (unpaired) electrons. The van der Waals surface area contributed by atoms with Crippen LogP contribution in [0.3, 0.4) is 0 Å². The standard InChI is InChI=1S/C16H27NO/c1-6-17-13(2)14-7-9-15(10-8-14)18-12-11-16(3,4)5/h7-10,13,17H,6,11-12H2,1-5H3. The molecule has 1 aromatic carbocycles. The molecule has 0 aromatic heterocycles. The Bertz CT molecular complexity index is 337. The van der Waals surface area contributed by atoms with Crippen LogP contribution in [-0.2, 0) is 0 Å². The summed E-state index contributed by atoms with van der Waals surface area (Å²) in [6, 6.07) is 8.80. The number of hydrogen-bond donors (Lipinski definition) is 1. The molecule has 18 heavy (non-hydrogen) atoms. The van der Waals surface area contributed by atoms with E-state index in [1.165, 1.54) is 5.56 Å². The summed E-state index contributed by atoms with van der Waals surface area (Å²) in [7, 11) is 0. The second-order valence-electron chi connectivity index (χ2n) is 6.01. The molecule has 0 fully saturated rings. The average molecular weight is 249 g/mol. The summed E-state index contributed by atoms with van der Waals surface area (Å²) in [5.41, 5.74) is 1.64. The van der Waals surface area contributed by atoms with E-state index < -0.39 is 0 Å². The van der Waals surface area contributed by atoms with Crippen molar-refractivity contribution in [3.05, 3.63) is 29.8 Å². The lowest BCUT2D eigenvalue weighted by Gasteiger charge is -2.18. The Labute approximate surface area is 112 Å². The van der Waals surface area contributed by atoms with Crippen LogP contribution in [0.5, 0.6) is 5.75 Å². The summed E-state index contributed by atoms with van der Waals surface area (Å²) in [4.78, 5) is 0. The molecule has 0 heterocycles. The zero-order valence-corrected chi connectivity index (χ0v) is 12.4. The second-order valence-corrected chi connectivity index (χ2v) is 6.01. The lowest BCUT2D eigenvalue weighted by atomic mass is 9.93. The van der Waals surface area contributed by atoms with E-state index in [-0.39, 0.29) is 0 Å². The normalized spacial score (nSPS) is 13.4. The molecule has 1 N–H and O–H groups in total. The van der Waals surface area contributed by atoms with Gasteiger partial charge in [0, 0.05) is 6.04 Å². The predicted molar refractivity (Wildman–Crippen MR) is 78.1 cm³/mol. The van der Waals surface area contributed by atoms with Gasteiger partial charge in [0.05, 0.1) is 6.61 Å². The van der Waals surface area contributed by atoms with Crippen LogP contribution in [-0.4, -0.2) is 13.2 Å². The second kappa shape index (κ2) is 6.79. The third-order valence-corrected chi connectivity index (χ3v) is 3.01. The molecule has 0 aliphatic heterocycles. The number of benzene rings is 1. The Morgan fingerprint density at radius 1 is 1.17 bits per heavy atom. The molecule has 0 saturated heterocycles. The maximum Gasteiger partial charge on any atom is 0.119 e. The summed E-state index contributed by atoms with van der Waals surface area (Å²) in [6.45, 7) is 12.8. The largest absolute Gasteiger partial charge is 0.494 e. The van der Waals surface area contributed by atoms with Crippen molar-refractivity contribution < 1.29 is 4.74 Å². The van der Waals surface area contributed by atoms with Gasteiger partial charge in [-0.25, -0.2) is 0 Å². The van der Waals surface area contributed by atoms with Crippen LogP contribution in [0, 0.1) is 5.41 Å². The summed E-state index contributed by atoms with van der Waals surface area (Å²) in [5.74, 6) is 0.965. The summed E-state index contributed by atoms with van der Waals surface area (Å²) in [5, 5.41) is 3.40. The van der Waals surface area contributed by atoms with Gasteiger partial charge in [0.25, 0.3) is 0 Å². The number of hydrogen-bond acceptors (Lipinski definition) is 2. The van der Waals surface area contributed by atoms with Gasteiger partial charge in [-0.2, -0.15) is 0 Å². The molecule has 102 valence electrons. The Morgan fingerprint density at radius 2 is 1.78 bits per heavy atom. The fourth-order valence-electron chi connectivity index (χ4n) is 1.75. The van der Waals surface area contributed by atoms with Crippen molar-refractivity contribution in [2.45, 2.75) is 47.1 Å². The van der Waals surface area contributed by atoms with Crippen molar-refractivity contribution >= 4 is 0 Å². The Balaban J connectivity index is 2.45. The highest BCUT2D eigenvalue weighted by Crippen LogP contribution is 2.21. The van der Waals surface area contributed by atoms with E-state index in [0.717, 1.165) is 25.3 Å². The molecule has 0 aliphatic carbocycles. The molecule has 0 saturated carbocycles. The van der Waals surface area contributed by atoms with Gasteiger partial charge in [-0.15, -0.1) is 0 Å². The highest BCUT2D eigenvalue weighted by atomic mass is 16.5. The highest BCUT2D eigenvalue weighted by molar-refractivity contribution is 5.28. The zero-order chi connectivity index (χ0) is 13.6. The molecule has 1 atom stereocenters. The van der Waals surface area contributed by atoms with Gasteiger partial charge in [0.1, 0.15) is 5.75 Å². The molecule has 1 aromatic rings. The maximum absolute atomic E-state index is 5.76. The van der Waals surface area contributed by atoms with Crippen molar-refractivity contribution in [2.75, 3.05) is 13.2 Å². The average Bonchev–Trinajstić information content (AvgIpc) is 2.28. The first-order valence-corrected chi connectivity index (χ1v) is 6.88. The van der Waals surface area contributed by atoms with Crippen LogP contribution >= 0.6 is 0 Å². The first-order chi connectivity index (χ1) is 8.42. The van der Waals surface area contributed by atoms with E-state index in [0.29, 0.717) is 11.5 Å². The van der Waals surface area contributed by atoms with Crippen molar-refractivity contribution in [2.24, 2.45) is 5.41 Å². The van der Waals surface area contributed by atoms with Crippen molar-refractivity contribution in [1.82, 2.24) is 5.32 Å². The topological polar surface area (TPSA) is 21.3 Å². The van der Waals surface area contributed by atoms with E-state index in [9.17, 15) is 0 Å². The third kappa shape index (κ3) is 5.54. The van der Waals surface area contributed by atoms with Crippen LogP contribution in [0.4, 0.5) is 0 Å². The van der Waals surface area contributed by atoms with Crippen LogP contribution in [0.1, 0.15) is 52.6 Å². The summed E-state index contributed by atoms with van der Waals surface area (Å²) >= 11 is 0. The highest BCUT2D eigenvalue weighted by Gasteiger charge is 2.10. The first kappa shape index (κ1) is 15.0. The summed E-state index contributed by atoms with van der Waals surface area (Å²) in [6.07, 6.45) is 1.07. The van der Waals surface area contributed by atoms with Crippen molar-refractivity contribution in [1.29, 1.82) is 0 Å². The Kier molecular flexibility index (Phi) is 5.67. The quantitative estimate of drug-likeness (QED) is 0.817. The van der Waals surface area contributed by atoms with Crippen LogP contribution < -0.4 is 10.1 Å². The van der Waals surface area contributed by atoms with E-state index in [4.69, 9.17) is 4.74 Å². The number of ether oxygens (including phenoxy) is 1. The molecule has 1 unspecified atom stereocenters. The first-order valence-electron chi connectivity index (χ1n) is 6.88. The van der Waals surface area contributed by atoms with E-state index >= 15 is 0 Å². The molecule has 2 nitrogen and oxygen atoms in total. The zero-order valence-electron chi connectivity index (χ0n) is 12.4. The van der Waals surface area contributed by atoms with Crippen molar-refractivity contribution in [3.63, 3.8) is 0 Å². The van der Waals surface area contributed by atoms with Crippen LogP contribution in [0.2, 0.25) is 0 Å². The van der Waals surface area contributed by atoms with Crippen LogP contribution in [0.15, 0.2) is 24.3 Å². The van der Waals surface area contributed by atoms with Gasteiger partial charge in [0.15, 0.2) is 0 Å². The Morgan fingerprint density at radius 3 is 2.28 bits per heavy atom. The molecule has 1 rings (SSSR count). The van der Waals surface area contributed by atoms with Crippen LogP contribution in [0.25, 0.3) is 0 Å². The molecule has 2 heteroatoms. The Hall–Kier alpha value is -1.02. The molecular weight excluding hydrogens is 222 g/mol. The maximum atomic E-state index is 5.76. The summed E-state index contributed by atoms with van der Waals surface area (Å²) < 4.78 is 5.76. The molecule has 0 bridgehead atoms. The molecule has 0 spiro atoms. The fourth-order valence-corrected chi connectivity index (χ4v) is 1.75. The number of rotatable bonds is 6. The lowest BCUT2D eigenvalue weighted by Crippen LogP contribution is -2.17. The monoisotopic (exact) mass is 249 g/mol. The smallest absolute Gasteiger partial charge is 0.119 e. The van der Waals surface area contributed by atoms with E-state index in [1.807, 2.05) is 0 Å². The molecule has 0 aliphatic rings. The van der Waals surface area contributed by atoms with Gasteiger partial charge in [-0.3, -0.25) is 0 Å². The van der Waals surface area contributed by atoms with Gasteiger partial charge >= 0.3 is 0 Å². The van der Waals surface area contributed by atoms with Gasteiger partial charge < -0.3 is 10.1 Å². The van der Waals surface area contributed by atoms with Gasteiger partial charge in [0.2, 0.25) is 0 Å². The van der Waals surface area contributed by atoms with Gasteiger partial charge in [-0.05, 0) is 43.0 Å². The predicted octanol–water partition coefficient (Wildman–Crippen LogP) is 4.17. The lowest BCUT2D eigenvalue weighted by molar-refractivity contribution is 0.243. The number of nitrogens with one attached hydrogen (secondary N) is 1. The SMILES string of the molecule is CCNC(C)c1ccc(OCCC(C)(C)C)cc1. The van der Waals surface area contributed by atoms with Crippen molar-refractivity contribution in [3.8, 4) is 5.75 Å². The minimum Gasteiger partial charge on any atom is -0.494 e. The molecular formula is C16H27NO. The third-order valence-electron chi connectivity index (χ3n) is 3.01. The van der Waals surface area contributed by atoms with E-state index in [2.05, 4.69) is 64.2 Å². The minimum absolute atomic E-state index is 0.333. The van der Waals surface area contributed by atoms with E-state index in [1.54, 1.807) is 0 Å². The fraction of sp³-hybridized carbons (Fsp3) is 0.625. The molecule has 0 amide bonds. The van der Waals surface area contributed by atoms with Gasteiger partial charge in [-0.1, -0.05) is 39.8 Å².